The fourth-order valence-corrected chi connectivity index (χ4v) is 4.64. The SMILES string of the molecule is CCOc1ccc(CC(=O)NCCS(=O)(=O)N2CCN(c3ccccn3)CC2)cc1. The lowest BCUT2D eigenvalue weighted by Crippen LogP contribution is -2.50. The van der Waals surface area contributed by atoms with Gasteiger partial charge in [-0.25, -0.2) is 13.4 Å². The van der Waals surface area contributed by atoms with Crippen LogP contribution in [-0.2, 0) is 21.2 Å². The maximum Gasteiger partial charge on any atom is 0.224 e. The van der Waals surface area contributed by atoms with Crippen molar-refractivity contribution in [3.63, 3.8) is 0 Å². The fraction of sp³-hybridized carbons (Fsp3) is 0.429. The van der Waals surface area contributed by atoms with Gasteiger partial charge < -0.3 is 15.0 Å². The zero-order chi connectivity index (χ0) is 21.4. The highest BCUT2D eigenvalue weighted by Gasteiger charge is 2.27. The van der Waals surface area contributed by atoms with Crippen molar-refractivity contribution in [3.8, 4) is 5.75 Å². The molecule has 1 saturated heterocycles. The molecule has 1 aromatic heterocycles. The molecule has 1 aliphatic rings. The average molecular weight is 433 g/mol. The van der Waals surface area contributed by atoms with Crippen molar-refractivity contribution in [2.24, 2.45) is 0 Å². The Hall–Kier alpha value is -2.65. The standard InChI is InChI=1S/C21H28N4O4S/c1-2-29-19-8-6-18(7-9-19)17-21(26)23-11-16-30(27,28)25-14-12-24(13-15-25)20-5-3-4-10-22-20/h3-10H,2,11-17H2,1H3,(H,23,26). The van der Waals surface area contributed by atoms with Gasteiger partial charge in [-0.05, 0) is 36.8 Å². The Bertz CT molecular complexity index is 912. The zero-order valence-corrected chi connectivity index (χ0v) is 18.0. The molecule has 1 N–H and O–H groups in total. The Kier molecular flexibility index (Phi) is 7.64. The molecule has 1 amide bonds. The van der Waals surface area contributed by atoms with E-state index < -0.39 is 10.0 Å². The van der Waals surface area contributed by atoms with Gasteiger partial charge in [0, 0.05) is 38.9 Å². The van der Waals surface area contributed by atoms with Crippen LogP contribution in [0.2, 0.25) is 0 Å². The second-order valence-corrected chi connectivity index (χ2v) is 9.08. The normalized spacial score (nSPS) is 15.0. The zero-order valence-electron chi connectivity index (χ0n) is 17.2. The molecule has 0 radical (unpaired) electrons. The molecule has 1 aromatic carbocycles. The summed E-state index contributed by atoms with van der Waals surface area (Å²) in [7, 11) is -3.41. The summed E-state index contributed by atoms with van der Waals surface area (Å²) in [6.07, 6.45) is 1.93. The molecule has 0 spiro atoms. The number of rotatable bonds is 9. The summed E-state index contributed by atoms with van der Waals surface area (Å²) in [4.78, 5) is 18.5. The Labute approximate surface area is 177 Å². The van der Waals surface area contributed by atoms with Crippen LogP contribution in [0, 0.1) is 0 Å². The van der Waals surface area contributed by atoms with Crippen LogP contribution in [0.4, 0.5) is 5.82 Å². The topological polar surface area (TPSA) is 91.8 Å². The first kappa shape index (κ1) is 22.0. The molecule has 162 valence electrons. The highest BCUT2D eigenvalue weighted by molar-refractivity contribution is 7.89. The van der Waals surface area contributed by atoms with E-state index in [4.69, 9.17) is 4.74 Å². The number of anilines is 1. The van der Waals surface area contributed by atoms with Crippen LogP contribution in [0.5, 0.6) is 5.75 Å². The molecule has 2 heterocycles. The van der Waals surface area contributed by atoms with E-state index in [0.717, 1.165) is 17.1 Å². The lowest BCUT2D eigenvalue weighted by atomic mass is 10.1. The number of hydrogen-bond donors (Lipinski definition) is 1. The number of ether oxygens (including phenoxy) is 1. The Morgan fingerprint density at radius 3 is 2.47 bits per heavy atom. The lowest BCUT2D eigenvalue weighted by molar-refractivity contribution is -0.120. The van der Waals surface area contributed by atoms with Crippen LogP contribution < -0.4 is 15.0 Å². The predicted molar refractivity (Wildman–Crippen MR) is 116 cm³/mol. The Morgan fingerprint density at radius 2 is 1.83 bits per heavy atom. The van der Waals surface area contributed by atoms with Crippen molar-refractivity contribution in [3.05, 3.63) is 54.2 Å². The maximum atomic E-state index is 12.6. The minimum Gasteiger partial charge on any atom is -0.494 e. The van der Waals surface area contributed by atoms with Crippen molar-refractivity contribution in [2.45, 2.75) is 13.3 Å². The van der Waals surface area contributed by atoms with Crippen molar-refractivity contribution in [1.82, 2.24) is 14.6 Å². The first-order chi connectivity index (χ1) is 14.5. The predicted octanol–water partition coefficient (Wildman–Crippen LogP) is 1.29. The minimum absolute atomic E-state index is 0.0959. The van der Waals surface area contributed by atoms with Gasteiger partial charge in [0.1, 0.15) is 11.6 Å². The highest BCUT2D eigenvalue weighted by atomic mass is 32.2. The molecule has 0 unspecified atom stereocenters. The van der Waals surface area contributed by atoms with Crippen LogP contribution in [0.1, 0.15) is 12.5 Å². The van der Waals surface area contributed by atoms with E-state index >= 15 is 0 Å². The number of aromatic nitrogens is 1. The van der Waals surface area contributed by atoms with Crippen molar-refractivity contribution < 1.29 is 17.9 Å². The maximum absolute atomic E-state index is 12.6. The van der Waals surface area contributed by atoms with Crippen LogP contribution in [0.15, 0.2) is 48.7 Å². The number of amides is 1. The van der Waals surface area contributed by atoms with Gasteiger partial charge in [-0.3, -0.25) is 4.79 Å². The molecule has 1 fully saturated rings. The molecule has 8 nitrogen and oxygen atoms in total. The largest absolute Gasteiger partial charge is 0.494 e. The monoisotopic (exact) mass is 432 g/mol. The Morgan fingerprint density at radius 1 is 1.10 bits per heavy atom. The summed E-state index contributed by atoms with van der Waals surface area (Å²) in [6.45, 7) is 4.62. The molecular formula is C21H28N4O4S. The second-order valence-electron chi connectivity index (χ2n) is 6.99. The number of pyridine rings is 1. The summed E-state index contributed by atoms with van der Waals surface area (Å²) in [5.41, 5.74) is 0.851. The van der Waals surface area contributed by atoms with E-state index in [-0.39, 0.29) is 24.6 Å². The number of carbonyl (C=O) groups excluding carboxylic acids is 1. The smallest absolute Gasteiger partial charge is 0.224 e. The van der Waals surface area contributed by atoms with Gasteiger partial charge in [0.2, 0.25) is 15.9 Å². The van der Waals surface area contributed by atoms with Crippen LogP contribution in [-0.4, -0.2) is 68.7 Å². The summed E-state index contributed by atoms with van der Waals surface area (Å²) < 4.78 is 32.1. The quantitative estimate of drug-likeness (QED) is 0.642. The number of nitrogens with one attached hydrogen (secondary N) is 1. The molecular weight excluding hydrogens is 404 g/mol. The van der Waals surface area contributed by atoms with E-state index in [9.17, 15) is 13.2 Å². The minimum atomic E-state index is -3.41. The van der Waals surface area contributed by atoms with Crippen LogP contribution in [0.3, 0.4) is 0 Å². The van der Waals surface area contributed by atoms with Crippen molar-refractivity contribution in [1.29, 1.82) is 0 Å². The molecule has 0 saturated carbocycles. The Balaban J connectivity index is 1.41. The van der Waals surface area contributed by atoms with E-state index in [1.807, 2.05) is 49.4 Å². The number of nitrogens with zero attached hydrogens (tertiary/aromatic N) is 3. The summed E-state index contributed by atoms with van der Waals surface area (Å²) in [6, 6.07) is 13.0. The van der Waals surface area contributed by atoms with Gasteiger partial charge in [-0.1, -0.05) is 18.2 Å². The number of benzene rings is 1. The third-order valence-electron chi connectivity index (χ3n) is 4.89. The van der Waals surface area contributed by atoms with Gasteiger partial charge in [0.25, 0.3) is 0 Å². The first-order valence-electron chi connectivity index (χ1n) is 10.1. The fourth-order valence-electron chi connectivity index (χ4n) is 3.30. The van der Waals surface area contributed by atoms with Gasteiger partial charge in [0.15, 0.2) is 0 Å². The van der Waals surface area contributed by atoms with E-state index in [1.165, 1.54) is 4.31 Å². The molecule has 3 rings (SSSR count). The van der Waals surface area contributed by atoms with Crippen LogP contribution >= 0.6 is 0 Å². The van der Waals surface area contributed by atoms with Gasteiger partial charge >= 0.3 is 0 Å². The third kappa shape index (κ3) is 6.17. The highest BCUT2D eigenvalue weighted by Crippen LogP contribution is 2.15. The molecule has 0 aliphatic carbocycles. The third-order valence-corrected chi connectivity index (χ3v) is 6.76. The first-order valence-corrected chi connectivity index (χ1v) is 11.7. The van der Waals surface area contributed by atoms with Crippen LogP contribution in [0.25, 0.3) is 0 Å². The van der Waals surface area contributed by atoms with Gasteiger partial charge in [-0.2, -0.15) is 4.31 Å². The van der Waals surface area contributed by atoms with E-state index in [2.05, 4.69) is 15.2 Å². The summed E-state index contributed by atoms with van der Waals surface area (Å²) >= 11 is 0. The van der Waals surface area contributed by atoms with Gasteiger partial charge in [0.05, 0.1) is 18.8 Å². The van der Waals surface area contributed by atoms with Crippen molar-refractivity contribution in [2.75, 3.05) is 50.0 Å². The number of sulfonamides is 1. The molecule has 0 bridgehead atoms. The summed E-state index contributed by atoms with van der Waals surface area (Å²) in [5, 5.41) is 2.70. The molecule has 9 heteroatoms. The lowest BCUT2D eigenvalue weighted by Gasteiger charge is -2.34. The second kappa shape index (κ2) is 10.4. The van der Waals surface area contributed by atoms with Crippen molar-refractivity contribution >= 4 is 21.7 Å². The van der Waals surface area contributed by atoms with Gasteiger partial charge in [-0.15, -0.1) is 0 Å². The van der Waals surface area contributed by atoms with E-state index in [0.29, 0.717) is 32.8 Å². The molecule has 0 atom stereocenters. The molecule has 30 heavy (non-hydrogen) atoms. The molecule has 2 aromatic rings. The number of piperazine rings is 1. The van der Waals surface area contributed by atoms with E-state index in [1.54, 1.807) is 6.20 Å². The average Bonchev–Trinajstić information content (AvgIpc) is 2.76. The number of carbonyl (C=O) groups is 1. The molecule has 1 aliphatic heterocycles. The number of hydrogen-bond acceptors (Lipinski definition) is 6. The summed E-state index contributed by atoms with van der Waals surface area (Å²) in [5.74, 6) is 1.31.